The predicted molar refractivity (Wildman–Crippen MR) is 119 cm³/mol. The number of carbonyl (C=O) groups excluding carboxylic acids is 1. The molecular weight excluding hydrogens is 414 g/mol. The molecule has 1 amide bonds. The zero-order valence-corrected chi connectivity index (χ0v) is 18.2. The second kappa shape index (κ2) is 7.75. The number of hydrogen-bond acceptors (Lipinski definition) is 6. The fourth-order valence-electron chi connectivity index (χ4n) is 3.57. The second-order valence-corrected chi connectivity index (χ2v) is 9.78. The summed E-state index contributed by atoms with van der Waals surface area (Å²) in [5, 5.41) is 5.92. The first-order valence-electron chi connectivity index (χ1n) is 9.77. The van der Waals surface area contributed by atoms with Gasteiger partial charge in [0.15, 0.2) is 0 Å². The van der Waals surface area contributed by atoms with Gasteiger partial charge in [-0.15, -0.1) is 0 Å². The fraction of sp³-hybridized carbons (Fsp3) is 0.227. The van der Waals surface area contributed by atoms with Crippen LogP contribution in [0.1, 0.15) is 29.8 Å². The molecule has 31 heavy (non-hydrogen) atoms. The first-order chi connectivity index (χ1) is 14.7. The van der Waals surface area contributed by atoms with Gasteiger partial charge in [-0.05, 0) is 42.9 Å². The molecule has 0 saturated heterocycles. The first kappa shape index (κ1) is 21.0. The van der Waals surface area contributed by atoms with Crippen molar-refractivity contribution >= 4 is 27.6 Å². The number of anilines is 2. The predicted octanol–water partition coefficient (Wildman–Crippen LogP) is 2.82. The first-order valence-corrected chi connectivity index (χ1v) is 11.3. The molecule has 3 N–H and O–H groups in total. The van der Waals surface area contributed by atoms with E-state index in [0.29, 0.717) is 23.5 Å². The Morgan fingerprint density at radius 3 is 2.65 bits per heavy atom. The van der Waals surface area contributed by atoms with Crippen LogP contribution < -0.4 is 15.4 Å². The van der Waals surface area contributed by atoms with Gasteiger partial charge in [-0.2, -0.15) is 0 Å². The van der Waals surface area contributed by atoms with Crippen LogP contribution in [0.15, 0.2) is 59.6 Å². The maximum absolute atomic E-state index is 12.3. The summed E-state index contributed by atoms with van der Waals surface area (Å²) in [6.45, 7) is 4.73. The largest absolute Gasteiger partial charge is 0.351 e. The van der Waals surface area contributed by atoms with E-state index in [1.165, 1.54) is 13.1 Å². The molecule has 160 valence electrons. The molecule has 8 nitrogen and oxygen atoms in total. The highest BCUT2D eigenvalue weighted by Crippen LogP contribution is 2.33. The molecule has 0 fully saturated rings. The van der Waals surface area contributed by atoms with Gasteiger partial charge in [0, 0.05) is 29.3 Å². The van der Waals surface area contributed by atoms with Crippen molar-refractivity contribution in [1.29, 1.82) is 0 Å². The summed E-state index contributed by atoms with van der Waals surface area (Å²) in [6.07, 6.45) is 1.61. The lowest BCUT2D eigenvalue weighted by molar-refractivity contribution is 0.0930. The van der Waals surface area contributed by atoms with E-state index in [2.05, 4.69) is 39.2 Å². The number of hydrogen-bond donors (Lipinski definition) is 3. The third kappa shape index (κ3) is 4.01. The van der Waals surface area contributed by atoms with Gasteiger partial charge in [-0.1, -0.05) is 32.0 Å². The van der Waals surface area contributed by atoms with E-state index >= 15 is 0 Å². The lowest BCUT2D eigenvalue weighted by atomic mass is 9.78. The Morgan fingerprint density at radius 1 is 1.10 bits per heavy atom. The van der Waals surface area contributed by atoms with Crippen molar-refractivity contribution < 1.29 is 13.2 Å². The van der Waals surface area contributed by atoms with Gasteiger partial charge in [0.05, 0.1) is 11.4 Å². The highest BCUT2D eigenvalue weighted by molar-refractivity contribution is 7.89. The van der Waals surface area contributed by atoms with E-state index in [4.69, 9.17) is 0 Å². The number of rotatable bonds is 5. The van der Waals surface area contributed by atoms with Crippen LogP contribution in [-0.4, -0.2) is 37.9 Å². The molecule has 0 saturated carbocycles. The normalized spacial score (nSPS) is 15.1. The van der Waals surface area contributed by atoms with Crippen molar-refractivity contribution in [1.82, 2.24) is 20.0 Å². The van der Waals surface area contributed by atoms with Crippen molar-refractivity contribution in [2.45, 2.75) is 24.2 Å². The molecule has 0 bridgehead atoms. The molecule has 4 rings (SSSR count). The highest BCUT2D eigenvalue weighted by Gasteiger charge is 2.31. The summed E-state index contributed by atoms with van der Waals surface area (Å²) in [6, 6.07) is 14.0. The average Bonchev–Trinajstić information content (AvgIpc) is 2.77. The molecule has 2 heterocycles. The number of sulfonamides is 1. The Labute approximate surface area is 181 Å². The standard InChI is InChI=1S/C22H23N5O3S/c1-22(2)13-25-20(28)15-9-8-14(12-16(15)22)17-10-11-24-21(26-17)27-18-6-4-5-7-19(18)31(29,30)23-3/h4-12,23H,13H2,1-3H3,(H,25,28)(H,24,26,27). The molecule has 3 aromatic rings. The molecular formula is C22H23N5O3S. The van der Waals surface area contributed by atoms with E-state index in [1.54, 1.807) is 30.5 Å². The van der Waals surface area contributed by atoms with E-state index in [0.717, 1.165) is 11.1 Å². The lowest BCUT2D eigenvalue weighted by Gasteiger charge is -2.32. The van der Waals surface area contributed by atoms with E-state index in [1.807, 2.05) is 18.2 Å². The van der Waals surface area contributed by atoms with Crippen LogP contribution >= 0.6 is 0 Å². The van der Waals surface area contributed by atoms with Crippen molar-refractivity contribution in [3.8, 4) is 11.3 Å². The van der Waals surface area contributed by atoms with Crippen LogP contribution in [0.4, 0.5) is 11.6 Å². The van der Waals surface area contributed by atoms with Crippen LogP contribution in [0.5, 0.6) is 0 Å². The SMILES string of the molecule is CNS(=O)(=O)c1ccccc1Nc1nccc(-c2ccc3c(c2)C(C)(C)CNC3=O)n1. The minimum Gasteiger partial charge on any atom is -0.351 e. The number of carbonyl (C=O) groups is 1. The molecule has 2 aromatic carbocycles. The van der Waals surface area contributed by atoms with Crippen molar-refractivity contribution in [3.63, 3.8) is 0 Å². The third-order valence-corrected chi connectivity index (χ3v) is 6.80. The summed E-state index contributed by atoms with van der Waals surface area (Å²) in [4.78, 5) is 21.1. The molecule has 1 aromatic heterocycles. The molecule has 1 aliphatic rings. The monoisotopic (exact) mass is 437 g/mol. The summed E-state index contributed by atoms with van der Waals surface area (Å²) in [5.41, 5.74) is 3.32. The average molecular weight is 438 g/mol. The number of fused-ring (bicyclic) bond motifs is 1. The van der Waals surface area contributed by atoms with E-state index in [9.17, 15) is 13.2 Å². The summed E-state index contributed by atoms with van der Waals surface area (Å²) in [7, 11) is -2.28. The van der Waals surface area contributed by atoms with Gasteiger partial charge in [0.25, 0.3) is 5.91 Å². The maximum atomic E-state index is 12.3. The lowest BCUT2D eigenvalue weighted by Crippen LogP contribution is -2.43. The number of nitrogens with one attached hydrogen (secondary N) is 3. The second-order valence-electron chi connectivity index (χ2n) is 7.92. The summed E-state index contributed by atoms with van der Waals surface area (Å²) >= 11 is 0. The van der Waals surface area contributed by atoms with Crippen LogP contribution in [-0.2, 0) is 15.4 Å². The fourth-order valence-corrected chi connectivity index (χ4v) is 4.45. The zero-order chi connectivity index (χ0) is 22.2. The zero-order valence-electron chi connectivity index (χ0n) is 17.4. The van der Waals surface area contributed by atoms with Crippen molar-refractivity contribution in [2.24, 2.45) is 0 Å². The summed E-state index contributed by atoms with van der Waals surface area (Å²) < 4.78 is 26.9. The van der Waals surface area contributed by atoms with Crippen molar-refractivity contribution in [3.05, 3.63) is 65.9 Å². The Balaban J connectivity index is 1.71. The molecule has 9 heteroatoms. The van der Waals surface area contributed by atoms with Crippen LogP contribution in [0.25, 0.3) is 11.3 Å². The van der Waals surface area contributed by atoms with Crippen LogP contribution in [0.2, 0.25) is 0 Å². The highest BCUT2D eigenvalue weighted by atomic mass is 32.2. The number of aromatic nitrogens is 2. The molecule has 0 atom stereocenters. The van der Waals surface area contributed by atoms with Gasteiger partial charge >= 0.3 is 0 Å². The Hall–Kier alpha value is -3.30. The maximum Gasteiger partial charge on any atom is 0.251 e. The summed E-state index contributed by atoms with van der Waals surface area (Å²) in [5.74, 6) is 0.194. The Kier molecular flexibility index (Phi) is 5.24. The van der Waals surface area contributed by atoms with Crippen LogP contribution in [0.3, 0.4) is 0 Å². The number of amides is 1. The number of benzene rings is 2. The Bertz CT molecular complexity index is 1270. The van der Waals surface area contributed by atoms with Gasteiger partial charge in [0.2, 0.25) is 16.0 Å². The smallest absolute Gasteiger partial charge is 0.251 e. The van der Waals surface area contributed by atoms with E-state index in [-0.39, 0.29) is 22.2 Å². The minimum absolute atomic E-state index is 0.0757. The van der Waals surface area contributed by atoms with Gasteiger partial charge < -0.3 is 10.6 Å². The van der Waals surface area contributed by atoms with Gasteiger partial charge in [-0.3, -0.25) is 4.79 Å². The molecule has 1 aliphatic heterocycles. The van der Waals surface area contributed by atoms with Gasteiger partial charge in [0.1, 0.15) is 4.90 Å². The molecule has 0 radical (unpaired) electrons. The van der Waals surface area contributed by atoms with Crippen LogP contribution in [0, 0.1) is 0 Å². The quantitative estimate of drug-likeness (QED) is 0.566. The molecule has 0 spiro atoms. The number of para-hydroxylation sites is 1. The molecule has 0 aliphatic carbocycles. The Morgan fingerprint density at radius 2 is 1.87 bits per heavy atom. The topological polar surface area (TPSA) is 113 Å². The third-order valence-electron chi connectivity index (χ3n) is 5.33. The van der Waals surface area contributed by atoms with Crippen molar-refractivity contribution in [2.75, 3.05) is 18.9 Å². The molecule has 0 unspecified atom stereocenters. The number of nitrogens with zero attached hydrogens (tertiary/aromatic N) is 2. The minimum atomic E-state index is -3.65. The van der Waals surface area contributed by atoms with E-state index < -0.39 is 10.0 Å². The van der Waals surface area contributed by atoms with Gasteiger partial charge in [-0.25, -0.2) is 23.1 Å².